The van der Waals surface area contributed by atoms with E-state index in [9.17, 15) is 9.59 Å². The van der Waals surface area contributed by atoms with Crippen molar-refractivity contribution in [3.8, 4) is 0 Å². The first-order chi connectivity index (χ1) is 14.5. The third-order valence-electron chi connectivity index (χ3n) is 5.15. The molecule has 2 N–H and O–H groups in total. The van der Waals surface area contributed by atoms with Crippen molar-refractivity contribution in [2.75, 3.05) is 24.3 Å². The number of hydrogen-bond donors (Lipinski definition) is 2. The quantitative estimate of drug-likeness (QED) is 0.577. The number of nitrogens with zero attached hydrogens (tertiary/aromatic N) is 1. The van der Waals surface area contributed by atoms with Crippen LogP contribution in [-0.2, 0) is 4.79 Å². The van der Waals surface area contributed by atoms with Gasteiger partial charge in [0.1, 0.15) is 0 Å². The topological polar surface area (TPSA) is 61.4 Å². The third kappa shape index (κ3) is 7.74. The van der Waals surface area contributed by atoms with Crippen molar-refractivity contribution in [3.63, 3.8) is 0 Å². The van der Waals surface area contributed by atoms with Crippen LogP contribution >= 0.6 is 0 Å². The summed E-state index contributed by atoms with van der Waals surface area (Å²) >= 11 is 0. The van der Waals surface area contributed by atoms with Crippen molar-refractivity contribution in [3.05, 3.63) is 59.7 Å². The summed E-state index contributed by atoms with van der Waals surface area (Å²) in [4.78, 5) is 27.5. The molecule has 0 aliphatic carbocycles. The van der Waals surface area contributed by atoms with E-state index in [0.717, 1.165) is 17.7 Å². The smallest absolute Gasteiger partial charge is 0.253 e. The molecule has 0 aromatic heterocycles. The van der Waals surface area contributed by atoms with E-state index < -0.39 is 0 Å². The summed E-state index contributed by atoms with van der Waals surface area (Å²) in [6.07, 6.45) is 1.43. The Morgan fingerprint density at radius 2 is 1.65 bits per heavy atom. The van der Waals surface area contributed by atoms with Crippen molar-refractivity contribution in [2.24, 2.45) is 11.3 Å². The molecule has 0 saturated carbocycles. The number of anilines is 2. The minimum atomic E-state index is -0.169. The minimum Gasteiger partial charge on any atom is -0.377 e. The first-order valence-electron chi connectivity index (χ1n) is 10.9. The predicted molar refractivity (Wildman–Crippen MR) is 130 cm³/mol. The fraction of sp³-hybridized carbons (Fsp3) is 0.462. The largest absolute Gasteiger partial charge is 0.377 e. The summed E-state index contributed by atoms with van der Waals surface area (Å²) in [5, 5.41) is 6.04. The Hall–Kier alpha value is -2.82. The van der Waals surface area contributed by atoms with E-state index in [4.69, 9.17) is 0 Å². The van der Waals surface area contributed by atoms with Crippen LogP contribution in [0.1, 0.15) is 69.4 Å². The van der Waals surface area contributed by atoms with Gasteiger partial charge >= 0.3 is 0 Å². The molecule has 0 radical (unpaired) electrons. The molecule has 0 saturated heterocycles. The molecule has 5 heteroatoms. The molecule has 2 amide bonds. The summed E-state index contributed by atoms with van der Waals surface area (Å²) in [5.74, 6) is 0.0890. The SMILES string of the molecule is CC(CC(=O)Nc1ccc(N(C)C)c(C(=O)NC(C)c2ccccc2)c1)CC(C)(C)C. The Morgan fingerprint density at radius 1 is 1.00 bits per heavy atom. The second-order valence-corrected chi connectivity index (χ2v) is 9.85. The van der Waals surface area contributed by atoms with E-state index in [1.807, 2.05) is 68.4 Å². The van der Waals surface area contributed by atoms with Gasteiger partial charge in [-0.1, -0.05) is 58.0 Å². The molecule has 31 heavy (non-hydrogen) atoms. The number of amides is 2. The normalized spacial score (nSPS) is 13.3. The lowest BCUT2D eigenvalue weighted by molar-refractivity contribution is -0.117. The molecule has 2 aromatic carbocycles. The van der Waals surface area contributed by atoms with Crippen LogP contribution in [0, 0.1) is 11.3 Å². The maximum absolute atomic E-state index is 13.1. The molecule has 0 bridgehead atoms. The van der Waals surface area contributed by atoms with Gasteiger partial charge in [-0.3, -0.25) is 9.59 Å². The average molecular weight is 424 g/mol. The number of hydrogen-bond acceptors (Lipinski definition) is 3. The molecule has 0 aliphatic rings. The van der Waals surface area contributed by atoms with E-state index in [-0.39, 0.29) is 29.2 Å². The summed E-state index contributed by atoms with van der Waals surface area (Å²) in [6, 6.07) is 15.2. The van der Waals surface area contributed by atoms with E-state index in [1.165, 1.54) is 0 Å². The molecular formula is C26H37N3O2. The van der Waals surface area contributed by atoms with Crippen molar-refractivity contribution in [2.45, 2.75) is 53.5 Å². The maximum atomic E-state index is 13.1. The molecule has 0 spiro atoms. The van der Waals surface area contributed by atoms with Gasteiger partial charge < -0.3 is 15.5 Å². The first kappa shape index (κ1) is 24.4. The van der Waals surface area contributed by atoms with Crippen LogP contribution < -0.4 is 15.5 Å². The number of benzene rings is 2. The van der Waals surface area contributed by atoms with Gasteiger partial charge in [0, 0.05) is 31.9 Å². The molecule has 5 nitrogen and oxygen atoms in total. The van der Waals surface area contributed by atoms with Crippen LogP contribution in [0.3, 0.4) is 0 Å². The fourth-order valence-corrected chi connectivity index (χ4v) is 3.93. The number of carbonyl (C=O) groups is 2. The van der Waals surface area contributed by atoms with Gasteiger partial charge in [-0.25, -0.2) is 0 Å². The maximum Gasteiger partial charge on any atom is 0.253 e. The van der Waals surface area contributed by atoms with Gasteiger partial charge in [0.2, 0.25) is 5.91 Å². The van der Waals surface area contributed by atoms with Crippen LogP contribution in [0.25, 0.3) is 0 Å². The second kappa shape index (κ2) is 10.5. The molecule has 2 atom stereocenters. The van der Waals surface area contributed by atoms with Crippen LogP contribution in [0.2, 0.25) is 0 Å². The van der Waals surface area contributed by atoms with Gasteiger partial charge in [0.15, 0.2) is 0 Å². The van der Waals surface area contributed by atoms with Crippen molar-refractivity contribution >= 4 is 23.2 Å². The Bertz CT molecular complexity index is 885. The van der Waals surface area contributed by atoms with Gasteiger partial charge in [0.25, 0.3) is 5.91 Å². The minimum absolute atomic E-state index is 0.0293. The van der Waals surface area contributed by atoms with Crippen LogP contribution in [0.5, 0.6) is 0 Å². The number of rotatable bonds is 8. The molecule has 0 heterocycles. The van der Waals surface area contributed by atoms with E-state index in [2.05, 4.69) is 38.3 Å². The van der Waals surface area contributed by atoms with Crippen LogP contribution in [-0.4, -0.2) is 25.9 Å². The molecular weight excluding hydrogens is 386 g/mol. The lowest BCUT2D eigenvalue weighted by Crippen LogP contribution is -2.28. The van der Waals surface area contributed by atoms with E-state index >= 15 is 0 Å². The first-order valence-corrected chi connectivity index (χ1v) is 10.9. The van der Waals surface area contributed by atoms with Gasteiger partial charge in [0.05, 0.1) is 11.6 Å². The van der Waals surface area contributed by atoms with Crippen molar-refractivity contribution in [1.82, 2.24) is 5.32 Å². The number of nitrogens with one attached hydrogen (secondary N) is 2. The van der Waals surface area contributed by atoms with E-state index in [0.29, 0.717) is 17.7 Å². The lowest BCUT2D eigenvalue weighted by Gasteiger charge is -2.23. The highest BCUT2D eigenvalue weighted by Gasteiger charge is 2.20. The highest BCUT2D eigenvalue weighted by molar-refractivity contribution is 6.02. The molecule has 2 aromatic rings. The Balaban J connectivity index is 2.14. The Labute approximate surface area is 187 Å². The Kier molecular flexibility index (Phi) is 8.26. The average Bonchev–Trinajstić information content (AvgIpc) is 2.66. The summed E-state index contributed by atoms with van der Waals surface area (Å²) < 4.78 is 0. The zero-order valence-corrected chi connectivity index (χ0v) is 20.0. The van der Waals surface area contributed by atoms with Crippen molar-refractivity contribution in [1.29, 1.82) is 0 Å². The predicted octanol–water partition coefficient (Wildman–Crippen LogP) is 5.64. The molecule has 0 fully saturated rings. The zero-order valence-electron chi connectivity index (χ0n) is 20.0. The summed E-state index contributed by atoms with van der Waals surface area (Å²) in [7, 11) is 3.80. The number of carbonyl (C=O) groups excluding carboxylic acids is 2. The van der Waals surface area contributed by atoms with Crippen LogP contribution in [0.15, 0.2) is 48.5 Å². The third-order valence-corrected chi connectivity index (χ3v) is 5.15. The van der Waals surface area contributed by atoms with Gasteiger partial charge in [-0.2, -0.15) is 0 Å². The lowest BCUT2D eigenvalue weighted by atomic mass is 9.84. The standard InChI is InChI=1S/C26H37N3O2/c1-18(17-26(3,4)5)15-24(30)28-21-13-14-23(29(6)7)22(16-21)25(31)27-19(2)20-11-9-8-10-12-20/h8-14,16,18-19H,15,17H2,1-7H3,(H,27,31)(H,28,30). The summed E-state index contributed by atoms with van der Waals surface area (Å²) in [5.41, 5.74) is 3.20. The van der Waals surface area contributed by atoms with E-state index in [1.54, 1.807) is 6.07 Å². The summed E-state index contributed by atoms with van der Waals surface area (Å²) in [6.45, 7) is 10.6. The monoisotopic (exact) mass is 423 g/mol. The molecule has 168 valence electrons. The fourth-order valence-electron chi connectivity index (χ4n) is 3.93. The van der Waals surface area contributed by atoms with Gasteiger partial charge in [-0.15, -0.1) is 0 Å². The van der Waals surface area contributed by atoms with Crippen molar-refractivity contribution < 1.29 is 9.59 Å². The molecule has 2 rings (SSSR count). The highest BCUT2D eigenvalue weighted by Crippen LogP contribution is 2.27. The highest BCUT2D eigenvalue weighted by atomic mass is 16.2. The zero-order chi connectivity index (χ0) is 23.2. The Morgan fingerprint density at radius 3 is 2.23 bits per heavy atom. The van der Waals surface area contributed by atoms with Gasteiger partial charge in [-0.05, 0) is 48.4 Å². The molecule has 0 aliphatic heterocycles. The second-order valence-electron chi connectivity index (χ2n) is 9.85. The molecule has 2 unspecified atom stereocenters. The van der Waals surface area contributed by atoms with Crippen LogP contribution in [0.4, 0.5) is 11.4 Å².